The van der Waals surface area contributed by atoms with E-state index < -0.39 is 0 Å². The number of hydrogen-bond acceptors (Lipinski definition) is 3. The first-order chi connectivity index (χ1) is 11.9. The van der Waals surface area contributed by atoms with Crippen molar-refractivity contribution in [1.29, 1.82) is 0 Å². The Morgan fingerprint density at radius 1 is 1.16 bits per heavy atom. The van der Waals surface area contributed by atoms with Crippen LogP contribution in [0.5, 0.6) is 11.5 Å². The van der Waals surface area contributed by atoms with E-state index in [1.54, 1.807) is 14.2 Å². The summed E-state index contributed by atoms with van der Waals surface area (Å²) < 4.78 is 10.6. The SMILES string of the molecule is COc1ccc(OC)c(NC(N)=NCC(C)(C)c2cccc(Cl)c2)c1. The van der Waals surface area contributed by atoms with Gasteiger partial charge in [-0.1, -0.05) is 37.6 Å². The Balaban J connectivity index is 2.14. The summed E-state index contributed by atoms with van der Waals surface area (Å²) in [4.78, 5) is 4.47. The predicted molar refractivity (Wildman–Crippen MR) is 104 cm³/mol. The summed E-state index contributed by atoms with van der Waals surface area (Å²) in [7, 11) is 3.21. The molecule has 25 heavy (non-hydrogen) atoms. The van der Waals surface area contributed by atoms with Crippen molar-refractivity contribution in [3.05, 3.63) is 53.1 Å². The number of hydrogen-bond donors (Lipinski definition) is 2. The minimum Gasteiger partial charge on any atom is -0.497 e. The average molecular weight is 362 g/mol. The van der Waals surface area contributed by atoms with E-state index in [1.165, 1.54) is 0 Å². The van der Waals surface area contributed by atoms with Crippen LogP contribution in [0.4, 0.5) is 5.69 Å². The molecule has 0 unspecified atom stereocenters. The summed E-state index contributed by atoms with van der Waals surface area (Å²) in [6.07, 6.45) is 0. The van der Waals surface area contributed by atoms with Crippen LogP contribution >= 0.6 is 11.6 Å². The molecule has 0 aliphatic heterocycles. The number of benzene rings is 2. The van der Waals surface area contributed by atoms with Gasteiger partial charge in [-0.3, -0.25) is 4.99 Å². The van der Waals surface area contributed by atoms with Gasteiger partial charge in [0.1, 0.15) is 11.5 Å². The van der Waals surface area contributed by atoms with E-state index in [2.05, 4.69) is 24.2 Å². The van der Waals surface area contributed by atoms with Crippen LogP contribution in [0.15, 0.2) is 47.5 Å². The minimum atomic E-state index is -0.199. The maximum absolute atomic E-state index is 6.08. The van der Waals surface area contributed by atoms with Gasteiger partial charge in [-0.05, 0) is 29.8 Å². The van der Waals surface area contributed by atoms with Crippen LogP contribution in [0.25, 0.3) is 0 Å². The molecule has 5 nitrogen and oxygen atoms in total. The Kier molecular flexibility index (Phi) is 6.15. The zero-order valence-electron chi connectivity index (χ0n) is 15.0. The van der Waals surface area contributed by atoms with Crippen LogP contribution in [0.2, 0.25) is 5.02 Å². The molecule has 0 saturated heterocycles. The molecule has 0 amide bonds. The van der Waals surface area contributed by atoms with E-state index in [-0.39, 0.29) is 5.41 Å². The number of nitrogens with zero attached hydrogens (tertiary/aromatic N) is 1. The van der Waals surface area contributed by atoms with E-state index >= 15 is 0 Å². The van der Waals surface area contributed by atoms with E-state index in [1.807, 2.05) is 42.5 Å². The third kappa shape index (κ3) is 5.03. The smallest absolute Gasteiger partial charge is 0.193 e. The van der Waals surface area contributed by atoms with Gasteiger partial charge in [0.2, 0.25) is 0 Å². The molecule has 0 aliphatic rings. The van der Waals surface area contributed by atoms with Gasteiger partial charge in [0.05, 0.1) is 26.5 Å². The molecule has 0 radical (unpaired) electrons. The van der Waals surface area contributed by atoms with Crippen molar-refractivity contribution >= 4 is 23.2 Å². The van der Waals surface area contributed by atoms with Crippen molar-refractivity contribution in [2.45, 2.75) is 19.3 Å². The van der Waals surface area contributed by atoms with Crippen molar-refractivity contribution in [2.75, 3.05) is 26.1 Å². The van der Waals surface area contributed by atoms with Crippen molar-refractivity contribution in [3.8, 4) is 11.5 Å². The number of rotatable bonds is 6. The van der Waals surface area contributed by atoms with E-state index in [0.717, 1.165) is 5.56 Å². The molecule has 2 aromatic carbocycles. The fourth-order valence-electron chi connectivity index (χ4n) is 2.37. The molecule has 2 rings (SSSR count). The fourth-order valence-corrected chi connectivity index (χ4v) is 2.56. The third-order valence-corrected chi connectivity index (χ3v) is 4.16. The standard InChI is InChI=1S/C19H24ClN3O2/c1-19(2,13-6-5-7-14(20)10-13)12-22-18(21)23-16-11-15(24-3)8-9-17(16)25-4/h5-11H,12H2,1-4H3,(H3,21,22,23). The first kappa shape index (κ1) is 18.9. The van der Waals surface area contributed by atoms with E-state index in [9.17, 15) is 0 Å². The second-order valence-corrected chi connectivity index (χ2v) is 6.72. The zero-order valence-corrected chi connectivity index (χ0v) is 15.7. The van der Waals surface area contributed by atoms with E-state index in [4.69, 9.17) is 26.8 Å². The number of methoxy groups -OCH3 is 2. The Labute approximate surface area is 153 Å². The van der Waals surface area contributed by atoms with Crippen LogP contribution in [0.3, 0.4) is 0 Å². The molecule has 0 atom stereocenters. The lowest BCUT2D eigenvalue weighted by atomic mass is 9.85. The number of halogens is 1. The monoisotopic (exact) mass is 361 g/mol. The normalized spacial score (nSPS) is 12.0. The lowest BCUT2D eigenvalue weighted by Crippen LogP contribution is -2.28. The summed E-state index contributed by atoms with van der Waals surface area (Å²) in [5.41, 5.74) is 7.66. The lowest BCUT2D eigenvalue weighted by molar-refractivity contribution is 0.405. The summed E-state index contributed by atoms with van der Waals surface area (Å²) in [6, 6.07) is 13.2. The molecular formula is C19H24ClN3O2. The van der Waals surface area contributed by atoms with E-state index in [0.29, 0.717) is 34.7 Å². The Bertz CT molecular complexity index is 760. The number of nitrogens with one attached hydrogen (secondary N) is 1. The lowest BCUT2D eigenvalue weighted by Gasteiger charge is -2.23. The average Bonchev–Trinajstić information content (AvgIpc) is 2.60. The molecule has 0 saturated carbocycles. The first-order valence-corrected chi connectivity index (χ1v) is 8.28. The molecule has 0 heterocycles. The van der Waals surface area contributed by atoms with Gasteiger partial charge in [-0.2, -0.15) is 0 Å². The predicted octanol–water partition coefficient (Wildman–Crippen LogP) is 4.06. The molecule has 0 aromatic heterocycles. The van der Waals surface area contributed by atoms with Crippen LogP contribution in [-0.4, -0.2) is 26.7 Å². The molecule has 0 bridgehead atoms. The maximum atomic E-state index is 6.08. The Hall–Kier alpha value is -2.40. The summed E-state index contributed by atoms with van der Waals surface area (Å²) in [6.45, 7) is 4.71. The van der Waals surface area contributed by atoms with Crippen molar-refractivity contribution in [3.63, 3.8) is 0 Å². The molecule has 0 fully saturated rings. The molecule has 0 aliphatic carbocycles. The number of nitrogens with two attached hydrogens (primary N) is 1. The van der Waals surface area contributed by atoms with Gasteiger partial charge in [0.25, 0.3) is 0 Å². The van der Waals surface area contributed by atoms with Gasteiger partial charge >= 0.3 is 0 Å². The van der Waals surface area contributed by atoms with Crippen LogP contribution < -0.4 is 20.5 Å². The highest BCUT2D eigenvalue weighted by Gasteiger charge is 2.20. The molecule has 2 aromatic rings. The summed E-state index contributed by atoms with van der Waals surface area (Å²) in [5.74, 6) is 1.67. The van der Waals surface area contributed by atoms with Crippen molar-refractivity contribution in [2.24, 2.45) is 10.7 Å². The quantitative estimate of drug-likeness (QED) is 0.601. The minimum absolute atomic E-state index is 0.199. The second-order valence-electron chi connectivity index (χ2n) is 6.29. The van der Waals surface area contributed by atoms with Crippen LogP contribution in [0, 0.1) is 0 Å². The summed E-state index contributed by atoms with van der Waals surface area (Å²) >= 11 is 6.08. The van der Waals surface area contributed by atoms with Gasteiger partial charge in [0, 0.05) is 16.5 Å². The third-order valence-electron chi connectivity index (χ3n) is 3.92. The zero-order chi connectivity index (χ0) is 18.4. The second kappa shape index (κ2) is 8.12. The molecule has 3 N–H and O–H groups in total. The van der Waals surface area contributed by atoms with Crippen molar-refractivity contribution < 1.29 is 9.47 Å². The number of aliphatic imine (C=N–C) groups is 1. The number of anilines is 1. The van der Waals surface area contributed by atoms with Gasteiger partial charge in [-0.15, -0.1) is 0 Å². The summed E-state index contributed by atoms with van der Waals surface area (Å²) in [5, 5.41) is 3.78. The number of guanidine groups is 1. The van der Waals surface area contributed by atoms with Gasteiger partial charge in [-0.25, -0.2) is 0 Å². The fraction of sp³-hybridized carbons (Fsp3) is 0.316. The highest BCUT2D eigenvalue weighted by molar-refractivity contribution is 6.30. The van der Waals surface area contributed by atoms with Crippen LogP contribution in [-0.2, 0) is 5.41 Å². The maximum Gasteiger partial charge on any atom is 0.193 e. The topological polar surface area (TPSA) is 68.9 Å². The molecule has 0 spiro atoms. The molecular weight excluding hydrogens is 338 g/mol. The molecule has 134 valence electrons. The first-order valence-electron chi connectivity index (χ1n) is 7.91. The highest BCUT2D eigenvalue weighted by atomic mass is 35.5. The largest absolute Gasteiger partial charge is 0.497 e. The highest BCUT2D eigenvalue weighted by Crippen LogP contribution is 2.29. The van der Waals surface area contributed by atoms with Gasteiger partial charge in [0.15, 0.2) is 5.96 Å². The van der Waals surface area contributed by atoms with Crippen molar-refractivity contribution in [1.82, 2.24) is 0 Å². The molecule has 6 heteroatoms. The Morgan fingerprint density at radius 3 is 2.56 bits per heavy atom. The Morgan fingerprint density at radius 2 is 1.92 bits per heavy atom. The van der Waals surface area contributed by atoms with Crippen LogP contribution in [0.1, 0.15) is 19.4 Å². The number of ether oxygens (including phenoxy) is 2. The van der Waals surface area contributed by atoms with Gasteiger partial charge < -0.3 is 20.5 Å².